The topological polar surface area (TPSA) is 101 Å². The summed E-state index contributed by atoms with van der Waals surface area (Å²) >= 11 is 0. The van der Waals surface area contributed by atoms with Crippen LogP contribution >= 0.6 is 0 Å². The first-order valence-electron chi connectivity index (χ1n) is 7.53. The van der Waals surface area contributed by atoms with Gasteiger partial charge in [-0.1, -0.05) is 18.2 Å². The van der Waals surface area contributed by atoms with Gasteiger partial charge >= 0.3 is 5.97 Å². The highest BCUT2D eigenvalue weighted by atomic mass is 32.2. The average molecular weight is 393 g/mol. The number of aryl methyl sites for hydroxylation is 1. The van der Waals surface area contributed by atoms with Crippen molar-refractivity contribution in [1.29, 1.82) is 0 Å². The quantitative estimate of drug-likeness (QED) is 0.694. The van der Waals surface area contributed by atoms with E-state index in [1.54, 1.807) is 7.05 Å². The van der Waals surface area contributed by atoms with E-state index in [2.05, 4.69) is 9.82 Å². The van der Waals surface area contributed by atoms with E-state index in [0.717, 1.165) is 18.2 Å². The number of aromatic carboxylic acids is 1. The first-order valence-corrected chi connectivity index (χ1v) is 9.01. The van der Waals surface area contributed by atoms with Gasteiger partial charge in [-0.3, -0.25) is 9.40 Å². The predicted octanol–water partition coefficient (Wildman–Crippen LogP) is 2.86. The van der Waals surface area contributed by atoms with E-state index in [4.69, 9.17) is 0 Å². The van der Waals surface area contributed by atoms with Crippen molar-refractivity contribution in [2.24, 2.45) is 7.05 Å². The molecule has 0 spiro atoms. The van der Waals surface area contributed by atoms with Crippen LogP contribution in [0.3, 0.4) is 0 Å². The number of hydrogen-bond donors (Lipinski definition) is 2. The normalized spacial score (nSPS) is 11.4. The maximum atomic E-state index is 13.7. The van der Waals surface area contributed by atoms with Gasteiger partial charge in [0.15, 0.2) is 4.90 Å². The van der Waals surface area contributed by atoms with E-state index >= 15 is 0 Å². The van der Waals surface area contributed by atoms with Gasteiger partial charge in [0.25, 0.3) is 10.0 Å². The number of carboxylic acid groups (broad SMARTS) is 1. The van der Waals surface area contributed by atoms with E-state index in [1.807, 2.05) is 0 Å². The number of nitrogens with zero attached hydrogens (tertiary/aromatic N) is 2. The molecule has 3 rings (SSSR count). The van der Waals surface area contributed by atoms with Crippen LogP contribution in [0.1, 0.15) is 10.4 Å². The number of carbonyl (C=O) groups is 1. The average Bonchev–Trinajstić information content (AvgIpc) is 2.97. The number of nitrogens with one attached hydrogen (secondary N) is 1. The third-order valence-corrected chi connectivity index (χ3v) is 5.09. The number of aromatic nitrogens is 2. The molecule has 7 nitrogen and oxygen atoms in total. The Balaban J connectivity index is 1.92. The van der Waals surface area contributed by atoms with Crippen LogP contribution < -0.4 is 4.72 Å². The van der Waals surface area contributed by atoms with Crippen molar-refractivity contribution >= 4 is 21.7 Å². The number of rotatable bonds is 5. The largest absolute Gasteiger partial charge is 0.478 e. The Morgan fingerprint density at radius 2 is 1.70 bits per heavy atom. The summed E-state index contributed by atoms with van der Waals surface area (Å²) < 4.78 is 55.4. The fourth-order valence-electron chi connectivity index (χ4n) is 2.50. The molecule has 27 heavy (non-hydrogen) atoms. The number of halogens is 2. The van der Waals surface area contributed by atoms with Gasteiger partial charge in [-0.25, -0.2) is 22.0 Å². The number of sulfonamides is 1. The molecule has 0 aliphatic rings. The molecule has 0 atom stereocenters. The van der Waals surface area contributed by atoms with E-state index in [0.29, 0.717) is 5.56 Å². The molecular formula is C17H13F2N3O4S. The lowest BCUT2D eigenvalue weighted by Gasteiger charge is -2.10. The zero-order valence-corrected chi connectivity index (χ0v) is 14.7. The summed E-state index contributed by atoms with van der Waals surface area (Å²) in [6.45, 7) is 0. The lowest BCUT2D eigenvalue weighted by molar-refractivity contribution is 0.0697. The Hall–Kier alpha value is -3.27. The Morgan fingerprint density at radius 1 is 1.11 bits per heavy atom. The fraction of sp³-hybridized carbons (Fsp3) is 0.0588. The minimum Gasteiger partial charge on any atom is -0.478 e. The molecule has 2 N–H and O–H groups in total. The molecule has 0 amide bonds. The van der Waals surface area contributed by atoms with Crippen molar-refractivity contribution in [3.8, 4) is 11.3 Å². The van der Waals surface area contributed by atoms with Gasteiger partial charge in [-0.05, 0) is 24.3 Å². The van der Waals surface area contributed by atoms with E-state index < -0.39 is 32.5 Å². The molecule has 2 aromatic carbocycles. The van der Waals surface area contributed by atoms with Crippen LogP contribution in [0, 0.1) is 11.6 Å². The molecule has 0 saturated carbocycles. The van der Waals surface area contributed by atoms with Gasteiger partial charge in [-0.15, -0.1) is 0 Å². The number of hydrogen-bond acceptors (Lipinski definition) is 4. The molecule has 1 aromatic heterocycles. The molecule has 0 fully saturated rings. The molecule has 0 unspecified atom stereocenters. The van der Waals surface area contributed by atoms with Crippen molar-refractivity contribution in [1.82, 2.24) is 9.78 Å². The number of anilines is 1. The van der Waals surface area contributed by atoms with Crippen LogP contribution in [-0.4, -0.2) is 29.3 Å². The third kappa shape index (κ3) is 3.65. The minimum atomic E-state index is -4.48. The summed E-state index contributed by atoms with van der Waals surface area (Å²) in [7, 11) is -2.91. The van der Waals surface area contributed by atoms with Crippen LogP contribution in [-0.2, 0) is 17.1 Å². The molecule has 1 heterocycles. The maximum Gasteiger partial charge on any atom is 0.339 e. The summed E-state index contributed by atoms with van der Waals surface area (Å²) in [5, 5.41) is 13.3. The monoisotopic (exact) mass is 393 g/mol. The lowest BCUT2D eigenvalue weighted by Crippen LogP contribution is -2.16. The lowest BCUT2D eigenvalue weighted by atomic mass is 10.1. The summed E-state index contributed by atoms with van der Waals surface area (Å²) in [4.78, 5) is 10.2. The second-order valence-electron chi connectivity index (χ2n) is 5.60. The Kier molecular flexibility index (Phi) is 4.66. The van der Waals surface area contributed by atoms with Gasteiger partial charge in [0, 0.05) is 24.5 Å². The zero-order chi connectivity index (χ0) is 19.8. The van der Waals surface area contributed by atoms with Crippen LogP contribution in [0.15, 0.2) is 53.6 Å². The van der Waals surface area contributed by atoms with Crippen molar-refractivity contribution in [2.45, 2.75) is 4.90 Å². The summed E-state index contributed by atoms with van der Waals surface area (Å²) in [6.07, 6.45) is 1.34. The van der Waals surface area contributed by atoms with Gasteiger partial charge in [0.2, 0.25) is 0 Å². The van der Waals surface area contributed by atoms with Crippen molar-refractivity contribution in [3.63, 3.8) is 0 Å². The number of carboxylic acids is 1. The van der Waals surface area contributed by atoms with Crippen LogP contribution in [0.5, 0.6) is 0 Å². The minimum absolute atomic E-state index is 0.0146. The third-order valence-electron chi connectivity index (χ3n) is 3.66. The highest BCUT2D eigenvalue weighted by Gasteiger charge is 2.24. The molecule has 0 aliphatic carbocycles. The molecule has 10 heteroatoms. The van der Waals surface area contributed by atoms with Gasteiger partial charge in [-0.2, -0.15) is 5.10 Å². The molecule has 140 valence electrons. The summed E-state index contributed by atoms with van der Waals surface area (Å²) in [5.41, 5.74) is 0.682. The van der Waals surface area contributed by atoms with Crippen molar-refractivity contribution in [3.05, 3.63) is 65.9 Å². The number of benzene rings is 2. The van der Waals surface area contributed by atoms with Crippen LogP contribution in [0.4, 0.5) is 14.5 Å². The van der Waals surface area contributed by atoms with Crippen molar-refractivity contribution < 1.29 is 27.1 Å². The highest BCUT2D eigenvalue weighted by Crippen LogP contribution is 2.26. The predicted molar refractivity (Wildman–Crippen MR) is 92.8 cm³/mol. The molecule has 0 saturated heterocycles. The highest BCUT2D eigenvalue weighted by molar-refractivity contribution is 7.92. The Morgan fingerprint density at radius 3 is 2.26 bits per heavy atom. The van der Waals surface area contributed by atoms with Gasteiger partial charge in [0.1, 0.15) is 22.9 Å². The fourth-order valence-corrected chi connectivity index (χ4v) is 3.70. The molecule has 3 aromatic rings. The van der Waals surface area contributed by atoms with E-state index in [9.17, 15) is 27.1 Å². The molecular weight excluding hydrogens is 380 g/mol. The summed E-state index contributed by atoms with van der Waals surface area (Å²) in [5.74, 6) is -3.57. The SMILES string of the molecule is Cn1cc(C(=O)O)c(-c2ccc(NS(=O)(=O)c3c(F)cccc3F)cc2)n1. The maximum absolute atomic E-state index is 13.7. The first kappa shape index (κ1) is 18.5. The second-order valence-corrected chi connectivity index (χ2v) is 7.22. The van der Waals surface area contributed by atoms with E-state index in [1.165, 1.54) is 35.1 Å². The molecule has 0 radical (unpaired) electrons. The molecule has 0 bridgehead atoms. The van der Waals surface area contributed by atoms with Crippen LogP contribution in [0.25, 0.3) is 11.3 Å². The second kappa shape index (κ2) is 6.80. The van der Waals surface area contributed by atoms with Gasteiger partial charge in [0.05, 0.1) is 0 Å². The first-order chi connectivity index (χ1) is 12.7. The van der Waals surface area contributed by atoms with Gasteiger partial charge < -0.3 is 5.11 Å². The zero-order valence-electron chi connectivity index (χ0n) is 13.8. The van der Waals surface area contributed by atoms with Crippen LogP contribution in [0.2, 0.25) is 0 Å². The van der Waals surface area contributed by atoms with E-state index in [-0.39, 0.29) is 16.9 Å². The Labute approximate surface area is 152 Å². The molecule has 0 aliphatic heterocycles. The standard InChI is InChI=1S/C17H13F2N3O4S/c1-22-9-12(17(23)24)15(20-22)10-5-7-11(8-6-10)21-27(25,26)16-13(18)3-2-4-14(16)19/h2-9,21H,1H3,(H,23,24). The Bertz CT molecular complexity index is 1110. The smallest absolute Gasteiger partial charge is 0.339 e. The summed E-state index contributed by atoms with van der Waals surface area (Å²) in [6, 6.07) is 8.32. The van der Waals surface area contributed by atoms with Crippen molar-refractivity contribution in [2.75, 3.05) is 4.72 Å².